The number of nitrogens with zero attached hydrogens (tertiary/aromatic N) is 6. The van der Waals surface area contributed by atoms with E-state index in [1.807, 2.05) is 0 Å². The van der Waals surface area contributed by atoms with Gasteiger partial charge in [-0.15, -0.1) is 0 Å². The summed E-state index contributed by atoms with van der Waals surface area (Å²) in [6.07, 6.45) is -12.5. The van der Waals surface area contributed by atoms with Crippen molar-refractivity contribution in [3.05, 3.63) is 30.1 Å². The van der Waals surface area contributed by atoms with Crippen LogP contribution >= 0.6 is 0 Å². The van der Waals surface area contributed by atoms with Crippen LogP contribution in [0.4, 0.5) is 30.7 Å². The fraction of sp³-hybridized carbons (Fsp3) is 0.333. The average Bonchev–Trinajstić information content (AvgIpc) is 3.31. The number of hydrogen-bond acceptors (Lipinski definition) is 7. The minimum atomic E-state index is -4.94. The van der Waals surface area contributed by atoms with Gasteiger partial charge in [0.25, 0.3) is 0 Å². The van der Waals surface area contributed by atoms with Gasteiger partial charge in [-0.2, -0.15) is 40.3 Å². The molecule has 0 N–H and O–H groups in total. The summed E-state index contributed by atoms with van der Waals surface area (Å²) in [5.74, 6) is -1.75. The highest BCUT2D eigenvalue weighted by molar-refractivity contribution is 7.91. The standard InChI is InChI=1S/C18H13F7N6O3S/c1-3-35(32,33)15-11(13-26-5-4-10(31(13)29-15)34-18(24,25)16(19)20)14-28-9-6-8(17(21,22)23)7-27-12(9)30(14)2/h4-7,16H,3H2,1-2H3. The number of rotatable bonds is 6. The lowest BCUT2D eigenvalue weighted by atomic mass is 10.2. The highest BCUT2D eigenvalue weighted by atomic mass is 32.2. The molecule has 0 saturated carbocycles. The third-order valence-corrected chi connectivity index (χ3v) is 6.52. The molecular formula is C18H13F7N6O3S. The monoisotopic (exact) mass is 526 g/mol. The van der Waals surface area contributed by atoms with E-state index in [2.05, 4.69) is 24.8 Å². The molecule has 4 rings (SSSR count). The number of aryl methyl sites for hydroxylation is 1. The predicted octanol–water partition coefficient (Wildman–Crippen LogP) is 3.73. The van der Waals surface area contributed by atoms with Crippen molar-refractivity contribution in [2.24, 2.45) is 7.05 Å². The Morgan fingerprint density at radius 3 is 2.40 bits per heavy atom. The molecule has 0 aliphatic rings. The summed E-state index contributed by atoms with van der Waals surface area (Å²) in [6.45, 7) is 1.25. The van der Waals surface area contributed by atoms with Gasteiger partial charge in [-0.05, 0) is 6.07 Å². The quantitative estimate of drug-likeness (QED) is 0.353. The Labute approximate surface area is 191 Å². The Kier molecular flexibility index (Phi) is 5.65. The average molecular weight is 526 g/mol. The maximum Gasteiger partial charge on any atom is 0.462 e. The molecule has 35 heavy (non-hydrogen) atoms. The molecule has 0 aliphatic heterocycles. The number of aromatic nitrogens is 6. The predicted molar refractivity (Wildman–Crippen MR) is 105 cm³/mol. The molecule has 0 atom stereocenters. The van der Waals surface area contributed by atoms with Gasteiger partial charge in [0.1, 0.15) is 16.9 Å². The molecule has 0 saturated heterocycles. The van der Waals surface area contributed by atoms with Crippen LogP contribution in [0.25, 0.3) is 28.2 Å². The minimum Gasteiger partial charge on any atom is -0.410 e. The zero-order valence-electron chi connectivity index (χ0n) is 17.6. The summed E-state index contributed by atoms with van der Waals surface area (Å²) in [6, 6.07) is 1.45. The molecule has 9 nitrogen and oxygen atoms in total. The number of halogens is 7. The first-order chi connectivity index (χ1) is 16.2. The van der Waals surface area contributed by atoms with Gasteiger partial charge in [0.2, 0.25) is 5.88 Å². The summed E-state index contributed by atoms with van der Waals surface area (Å²) in [4.78, 5) is 11.7. The number of hydrogen-bond donors (Lipinski definition) is 0. The maximum absolute atomic E-state index is 13.6. The zero-order chi connectivity index (χ0) is 25.9. The highest BCUT2D eigenvalue weighted by Gasteiger charge is 2.45. The number of imidazole rings is 1. The van der Waals surface area contributed by atoms with E-state index in [4.69, 9.17) is 0 Å². The number of fused-ring (bicyclic) bond motifs is 2. The second kappa shape index (κ2) is 8.03. The Bertz CT molecular complexity index is 1550. The van der Waals surface area contributed by atoms with Crippen molar-refractivity contribution in [2.75, 3.05) is 5.75 Å². The van der Waals surface area contributed by atoms with Gasteiger partial charge < -0.3 is 9.30 Å². The Balaban J connectivity index is 2.03. The molecule has 0 radical (unpaired) electrons. The lowest BCUT2D eigenvalue weighted by Gasteiger charge is -2.16. The molecule has 0 amide bonds. The van der Waals surface area contributed by atoms with Crippen molar-refractivity contribution < 1.29 is 43.9 Å². The third kappa shape index (κ3) is 4.12. The minimum absolute atomic E-state index is 0.0659. The molecule has 17 heteroatoms. The molecule has 0 aliphatic carbocycles. The van der Waals surface area contributed by atoms with Crippen LogP contribution < -0.4 is 4.74 Å². The smallest absolute Gasteiger partial charge is 0.410 e. The Morgan fingerprint density at radius 1 is 1.11 bits per heavy atom. The molecule has 0 aromatic carbocycles. The molecule has 4 aromatic rings. The first kappa shape index (κ1) is 24.6. The number of pyridine rings is 1. The summed E-state index contributed by atoms with van der Waals surface area (Å²) >= 11 is 0. The van der Waals surface area contributed by atoms with E-state index in [1.54, 1.807) is 0 Å². The van der Waals surface area contributed by atoms with Gasteiger partial charge in [-0.25, -0.2) is 23.4 Å². The van der Waals surface area contributed by atoms with E-state index in [0.29, 0.717) is 16.8 Å². The summed E-state index contributed by atoms with van der Waals surface area (Å²) in [5.41, 5.74) is -2.24. The van der Waals surface area contributed by atoms with E-state index >= 15 is 0 Å². The molecule has 4 heterocycles. The lowest BCUT2D eigenvalue weighted by Crippen LogP contribution is -2.34. The van der Waals surface area contributed by atoms with Crippen LogP contribution in [0.2, 0.25) is 0 Å². The van der Waals surface area contributed by atoms with Gasteiger partial charge in [-0.3, -0.25) is 0 Å². The second-order valence-electron chi connectivity index (χ2n) is 7.13. The van der Waals surface area contributed by atoms with E-state index in [9.17, 15) is 39.2 Å². The highest BCUT2D eigenvalue weighted by Crippen LogP contribution is 2.36. The molecule has 0 unspecified atom stereocenters. The van der Waals surface area contributed by atoms with Gasteiger partial charge in [0.15, 0.2) is 26.2 Å². The van der Waals surface area contributed by atoms with Crippen molar-refractivity contribution in [1.29, 1.82) is 0 Å². The van der Waals surface area contributed by atoms with Crippen LogP contribution in [0.5, 0.6) is 5.88 Å². The van der Waals surface area contributed by atoms with Crippen molar-refractivity contribution >= 4 is 26.6 Å². The fourth-order valence-electron chi connectivity index (χ4n) is 3.17. The van der Waals surface area contributed by atoms with Crippen LogP contribution in [0.3, 0.4) is 0 Å². The summed E-state index contributed by atoms with van der Waals surface area (Å²) < 4.78 is 123. The topological polar surface area (TPSA) is 104 Å². The first-order valence-electron chi connectivity index (χ1n) is 9.53. The van der Waals surface area contributed by atoms with Crippen LogP contribution in [-0.4, -0.2) is 55.8 Å². The number of sulfone groups is 1. The first-order valence-corrected chi connectivity index (χ1v) is 11.2. The number of alkyl halides is 7. The molecule has 0 fully saturated rings. The van der Waals surface area contributed by atoms with Gasteiger partial charge in [0, 0.05) is 25.5 Å². The SMILES string of the molecule is CCS(=O)(=O)c1nn2c(OC(F)(F)C(F)F)ccnc2c1-c1nc2cc(C(F)(F)F)cnc2n1C. The second-order valence-corrected chi connectivity index (χ2v) is 9.32. The molecular weight excluding hydrogens is 513 g/mol. The third-order valence-electron chi connectivity index (χ3n) is 4.88. The van der Waals surface area contributed by atoms with Crippen molar-refractivity contribution in [3.8, 4) is 17.3 Å². The normalized spacial score (nSPS) is 13.3. The van der Waals surface area contributed by atoms with Crippen LogP contribution in [0, 0.1) is 0 Å². The Morgan fingerprint density at radius 2 is 1.80 bits per heavy atom. The number of ether oxygens (including phenoxy) is 1. The molecule has 0 spiro atoms. The van der Waals surface area contributed by atoms with Crippen LogP contribution in [0.15, 0.2) is 29.6 Å². The van der Waals surface area contributed by atoms with Crippen molar-refractivity contribution in [3.63, 3.8) is 0 Å². The molecule has 0 bridgehead atoms. The summed E-state index contributed by atoms with van der Waals surface area (Å²) in [7, 11) is -2.90. The molecule has 188 valence electrons. The largest absolute Gasteiger partial charge is 0.462 e. The van der Waals surface area contributed by atoms with Crippen molar-refractivity contribution in [1.82, 2.24) is 29.1 Å². The van der Waals surface area contributed by atoms with Gasteiger partial charge in [0.05, 0.1) is 11.3 Å². The lowest BCUT2D eigenvalue weighted by molar-refractivity contribution is -0.255. The van der Waals surface area contributed by atoms with Crippen LogP contribution in [0.1, 0.15) is 12.5 Å². The van der Waals surface area contributed by atoms with E-state index < -0.39 is 56.4 Å². The van der Waals surface area contributed by atoms with E-state index in [-0.39, 0.29) is 22.6 Å². The summed E-state index contributed by atoms with van der Waals surface area (Å²) in [5, 5.41) is 3.03. The van der Waals surface area contributed by atoms with E-state index in [0.717, 1.165) is 16.8 Å². The van der Waals surface area contributed by atoms with Gasteiger partial charge >= 0.3 is 18.7 Å². The van der Waals surface area contributed by atoms with Gasteiger partial charge in [-0.1, -0.05) is 6.92 Å². The Hall–Kier alpha value is -3.50. The van der Waals surface area contributed by atoms with Crippen LogP contribution in [-0.2, 0) is 23.1 Å². The van der Waals surface area contributed by atoms with Crippen molar-refractivity contribution in [2.45, 2.75) is 30.7 Å². The zero-order valence-corrected chi connectivity index (χ0v) is 18.4. The van der Waals surface area contributed by atoms with E-state index in [1.165, 1.54) is 14.0 Å². The fourth-order valence-corrected chi connectivity index (χ4v) is 4.14. The molecule has 4 aromatic heterocycles. The maximum atomic E-state index is 13.6.